The van der Waals surface area contributed by atoms with Crippen LogP contribution < -0.4 is 5.32 Å². The van der Waals surface area contributed by atoms with Gasteiger partial charge in [-0.1, -0.05) is 24.3 Å². The van der Waals surface area contributed by atoms with Gasteiger partial charge in [-0.2, -0.15) is 13.2 Å². The predicted octanol–water partition coefficient (Wildman–Crippen LogP) is 4.41. The molecule has 32 heavy (non-hydrogen) atoms. The van der Waals surface area contributed by atoms with Gasteiger partial charge in [-0.05, 0) is 29.8 Å². The first-order valence-corrected chi connectivity index (χ1v) is 9.95. The van der Waals surface area contributed by atoms with Crippen LogP contribution in [0.2, 0.25) is 0 Å². The number of ketones is 1. The van der Waals surface area contributed by atoms with Gasteiger partial charge < -0.3 is 15.3 Å². The Balaban J connectivity index is 1.45. The van der Waals surface area contributed by atoms with Crippen LogP contribution in [0.15, 0.2) is 54.7 Å². The van der Waals surface area contributed by atoms with Crippen molar-refractivity contribution >= 4 is 22.7 Å². The number of hydrogen-bond acceptors (Lipinski definition) is 3. The molecule has 1 saturated heterocycles. The molecule has 0 aliphatic carbocycles. The van der Waals surface area contributed by atoms with Crippen molar-refractivity contribution < 1.29 is 22.8 Å². The van der Waals surface area contributed by atoms with Crippen molar-refractivity contribution in [2.24, 2.45) is 0 Å². The van der Waals surface area contributed by atoms with Gasteiger partial charge in [-0.15, -0.1) is 0 Å². The van der Waals surface area contributed by atoms with Crippen molar-refractivity contribution in [3.63, 3.8) is 0 Å². The first kappa shape index (κ1) is 20.0. The van der Waals surface area contributed by atoms with Crippen molar-refractivity contribution in [1.82, 2.24) is 20.3 Å². The molecule has 1 aliphatic heterocycles. The minimum atomic E-state index is -4.62. The van der Waals surface area contributed by atoms with E-state index in [0.717, 1.165) is 17.1 Å². The normalized spacial score (nSPS) is 16.5. The molecule has 0 saturated carbocycles. The summed E-state index contributed by atoms with van der Waals surface area (Å²) >= 11 is 0. The summed E-state index contributed by atoms with van der Waals surface area (Å²) in [6, 6.07) is 11.9. The SMILES string of the molecule is O=C1C[C@H](c2ccc3nc(-c4cc(C(=O)c5ccccc5C(F)(F)F)c[nH]4)[nH]c3c2)CN1. The number of halogens is 3. The molecule has 6 nitrogen and oxygen atoms in total. The third-order valence-electron chi connectivity index (χ3n) is 5.63. The number of H-pyrrole nitrogens is 2. The van der Waals surface area contributed by atoms with Gasteiger partial charge in [0.25, 0.3) is 0 Å². The van der Waals surface area contributed by atoms with Crippen LogP contribution in [-0.2, 0) is 11.0 Å². The van der Waals surface area contributed by atoms with Gasteiger partial charge >= 0.3 is 6.18 Å². The van der Waals surface area contributed by atoms with E-state index in [1.165, 1.54) is 30.5 Å². The smallest absolute Gasteiger partial charge is 0.358 e. The minimum absolute atomic E-state index is 0.0241. The molecule has 4 aromatic rings. The fraction of sp³-hybridized carbons (Fsp3) is 0.174. The Labute approximate surface area is 179 Å². The Bertz CT molecular complexity index is 1350. The lowest BCUT2D eigenvalue weighted by Gasteiger charge is -2.10. The number of alkyl halides is 3. The number of hydrogen-bond donors (Lipinski definition) is 3. The average molecular weight is 438 g/mol. The average Bonchev–Trinajstić information content (AvgIpc) is 3.51. The van der Waals surface area contributed by atoms with E-state index < -0.39 is 23.1 Å². The molecule has 2 aromatic heterocycles. The van der Waals surface area contributed by atoms with E-state index in [2.05, 4.69) is 20.3 Å². The first-order valence-electron chi connectivity index (χ1n) is 9.95. The molecule has 1 aliphatic rings. The highest BCUT2D eigenvalue weighted by molar-refractivity contribution is 6.10. The molecule has 0 bridgehead atoms. The van der Waals surface area contributed by atoms with E-state index in [0.29, 0.717) is 30.0 Å². The Morgan fingerprint density at radius 3 is 2.66 bits per heavy atom. The number of carbonyl (C=O) groups is 2. The number of aromatic amines is 2. The van der Waals surface area contributed by atoms with E-state index in [-0.39, 0.29) is 17.4 Å². The van der Waals surface area contributed by atoms with E-state index >= 15 is 0 Å². The molecule has 5 rings (SSSR count). The number of nitrogens with zero attached hydrogens (tertiary/aromatic N) is 1. The van der Waals surface area contributed by atoms with Crippen LogP contribution in [0.25, 0.3) is 22.6 Å². The van der Waals surface area contributed by atoms with Crippen LogP contribution in [0, 0.1) is 0 Å². The molecule has 9 heteroatoms. The summed E-state index contributed by atoms with van der Waals surface area (Å²) in [6.45, 7) is 0.590. The summed E-state index contributed by atoms with van der Waals surface area (Å²) in [5, 5.41) is 2.82. The zero-order chi connectivity index (χ0) is 22.5. The fourth-order valence-corrected chi connectivity index (χ4v) is 4.00. The molecule has 0 unspecified atom stereocenters. The minimum Gasteiger partial charge on any atom is -0.358 e. The molecule has 3 N–H and O–H groups in total. The summed E-state index contributed by atoms with van der Waals surface area (Å²) in [7, 11) is 0. The summed E-state index contributed by atoms with van der Waals surface area (Å²) < 4.78 is 39.8. The van der Waals surface area contributed by atoms with Gasteiger partial charge in [0.15, 0.2) is 11.6 Å². The maximum Gasteiger partial charge on any atom is 0.417 e. The lowest BCUT2D eigenvalue weighted by molar-refractivity contribution is -0.137. The topological polar surface area (TPSA) is 90.6 Å². The van der Waals surface area contributed by atoms with Crippen molar-refractivity contribution in [1.29, 1.82) is 0 Å². The van der Waals surface area contributed by atoms with Crippen LogP contribution in [0.5, 0.6) is 0 Å². The zero-order valence-electron chi connectivity index (χ0n) is 16.6. The first-order chi connectivity index (χ1) is 15.3. The van der Waals surface area contributed by atoms with Gasteiger partial charge in [-0.25, -0.2) is 4.98 Å². The van der Waals surface area contributed by atoms with Gasteiger partial charge in [0.1, 0.15) is 0 Å². The Kier molecular flexibility index (Phi) is 4.61. The maximum atomic E-state index is 13.3. The van der Waals surface area contributed by atoms with E-state index in [1.54, 1.807) is 0 Å². The quantitative estimate of drug-likeness (QED) is 0.412. The molecule has 162 valence electrons. The molecule has 2 aromatic carbocycles. The highest BCUT2D eigenvalue weighted by atomic mass is 19.4. The number of amides is 1. The van der Waals surface area contributed by atoms with Crippen molar-refractivity contribution in [2.45, 2.75) is 18.5 Å². The summed E-state index contributed by atoms with van der Waals surface area (Å²) in [5.74, 6) is -0.142. The lowest BCUT2D eigenvalue weighted by atomic mass is 9.98. The number of aromatic nitrogens is 3. The maximum absolute atomic E-state index is 13.3. The van der Waals surface area contributed by atoms with Crippen LogP contribution in [0.4, 0.5) is 13.2 Å². The Morgan fingerprint density at radius 2 is 1.91 bits per heavy atom. The van der Waals surface area contributed by atoms with Gasteiger partial charge in [0, 0.05) is 36.2 Å². The number of imidazole rings is 1. The lowest BCUT2D eigenvalue weighted by Crippen LogP contribution is -2.13. The standard InChI is InChI=1S/C23H17F3N4O2/c24-23(25,26)16-4-2-1-3-15(16)21(32)14-8-19(27-11-14)22-29-17-6-5-12(7-18(17)30-22)13-9-20(31)28-10-13/h1-8,11,13,27H,9-10H2,(H,28,31)(H,29,30)/t13-/m0/s1. The molecule has 1 fully saturated rings. The monoisotopic (exact) mass is 438 g/mol. The summed E-state index contributed by atoms with van der Waals surface area (Å²) in [6.07, 6.45) is -2.81. The van der Waals surface area contributed by atoms with Crippen molar-refractivity contribution in [3.8, 4) is 11.5 Å². The van der Waals surface area contributed by atoms with Crippen LogP contribution in [0.3, 0.4) is 0 Å². The highest BCUT2D eigenvalue weighted by Gasteiger charge is 2.35. The second kappa shape index (κ2) is 7.37. The second-order valence-electron chi connectivity index (χ2n) is 7.74. The zero-order valence-corrected chi connectivity index (χ0v) is 16.6. The van der Waals surface area contributed by atoms with Crippen molar-refractivity contribution in [2.75, 3.05) is 6.54 Å². The summed E-state index contributed by atoms with van der Waals surface area (Å²) in [5.41, 5.74) is 1.69. The van der Waals surface area contributed by atoms with Crippen LogP contribution in [-0.4, -0.2) is 33.2 Å². The third kappa shape index (κ3) is 3.55. The molecular formula is C23H17F3N4O2. The number of nitrogens with one attached hydrogen (secondary N) is 3. The highest BCUT2D eigenvalue weighted by Crippen LogP contribution is 2.33. The summed E-state index contributed by atoms with van der Waals surface area (Å²) in [4.78, 5) is 34.9. The van der Waals surface area contributed by atoms with Crippen LogP contribution >= 0.6 is 0 Å². The molecule has 3 heterocycles. The Hall–Kier alpha value is -3.88. The molecule has 1 atom stereocenters. The predicted molar refractivity (Wildman–Crippen MR) is 111 cm³/mol. The molecule has 0 spiro atoms. The molecule has 1 amide bonds. The fourth-order valence-electron chi connectivity index (χ4n) is 4.00. The van der Waals surface area contributed by atoms with Gasteiger partial charge in [0.2, 0.25) is 5.91 Å². The molecule has 0 radical (unpaired) electrons. The van der Waals surface area contributed by atoms with E-state index in [9.17, 15) is 22.8 Å². The number of carbonyl (C=O) groups excluding carboxylic acids is 2. The Morgan fingerprint density at radius 1 is 1.09 bits per heavy atom. The van der Waals surface area contributed by atoms with Gasteiger partial charge in [-0.3, -0.25) is 9.59 Å². The van der Waals surface area contributed by atoms with Crippen LogP contribution in [0.1, 0.15) is 39.4 Å². The van der Waals surface area contributed by atoms with Gasteiger partial charge in [0.05, 0.1) is 22.3 Å². The van der Waals surface area contributed by atoms with E-state index in [4.69, 9.17) is 0 Å². The number of rotatable bonds is 4. The third-order valence-corrected chi connectivity index (χ3v) is 5.63. The largest absolute Gasteiger partial charge is 0.417 e. The second-order valence-corrected chi connectivity index (χ2v) is 7.74. The number of benzene rings is 2. The number of fused-ring (bicyclic) bond motifs is 1. The van der Waals surface area contributed by atoms with E-state index in [1.807, 2.05) is 18.2 Å². The van der Waals surface area contributed by atoms with Crippen molar-refractivity contribution in [3.05, 3.63) is 77.0 Å². The molecular weight excluding hydrogens is 421 g/mol.